The molecule has 0 radical (unpaired) electrons. The van der Waals surface area contributed by atoms with Gasteiger partial charge in [0.1, 0.15) is 5.75 Å². The average molecular weight is 485 g/mol. The predicted octanol–water partition coefficient (Wildman–Crippen LogP) is 3.85. The number of carbonyl (C=O) groups excluding carboxylic acids is 3. The number of rotatable bonds is 8. The third-order valence-corrected chi connectivity index (χ3v) is 5.39. The zero-order valence-electron chi connectivity index (χ0n) is 19.7. The van der Waals surface area contributed by atoms with Crippen LogP contribution in [0, 0.1) is 0 Å². The molecule has 36 heavy (non-hydrogen) atoms. The highest BCUT2D eigenvalue weighted by Crippen LogP contribution is 2.19. The number of aromatic nitrogens is 2. The largest absolute Gasteiger partial charge is 0.497 e. The summed E-state index contributed by atoms with van der Waals surface area (Å²) in [6.45, 7) is 0.134. The minimum Gasteiger partial charge on any atom is -0.497 e. The lowest BCUT2D eigenvalue weighted by Crippen LogP contribution is -2.23. The lowest BCUT2D eigenvalue weighted by molar-refractivity contribution is 0.0600. The van der Waals surface area contributed by atoms with E-state index >= 15 is 0 Å². The smallest absolute Gasteiger partial charge is 0.337 e. The van der Waals surface area contributed by atoms with Gasteiger partial charge in [-0.2, -0.15) is 0 Å². The lowest BCUT2D eigenvalue weighted by Gasteiger charge is -2.12. The molecular weight excluding hydrogens is 460 g/mol. The summed E-state index contributed by atoms with van der Waals surface area (Å²) in [5.41, 5.74) is 3.00. The van der Waals surface area contributed by atoms with Gasteiger partial charge in [0.15, 0.2) is 0 Å². The van der Waals surface area contributed by atoms with Crippen molar-refractivity contribution >= 4 is 23.5 Å². The standard InChI is InChI=1S/C27H24N4O5/c1-35-24-5-3-4-20(15-24)26(33)30-22-13-18(12-21(14-22)27(34)36-2)16-29-25(32)19-6-8-23(9-7-19)31-11-10-28-17-31/h3-15,17H,16H2,1-2H3,(H,29,32)(H,30,33). The van der Waals surface area contributed by atoms with Gasteiger partial charge in [-0.15, -0.1) is 0 Å². The van der Waals surface area contributed by atoms with Gasteiger partial charge < -0.3 is 24.7 Å². The van der Waals surface area contributed by atoms with E-state index in [0.717, 1.165) is 5.69 Å². The zero-order chi connectivity index (χ0) is 25.5. The zero-order valence-corrected chi connectivity index (χ0v) is 19.7. The van der Waals surface area contributed by atoms with Crippen LogP contribution in [0.25, 0.3) is 5.69 Å². The molecule has 2 N–H and O–H groups in total. The maximum Gasteiger partial charge on any atom is 0.337 e. The quantitative estimate of drug-likeness (QED) is 0.368. The number of anilines is 1. The highest BCUT2D eigenvalue weighted by Gasteiger charge is 2.14. The van der Waals surface area contributed by atoms with E-state index in [4.69, 9.17) is 9.47 Å². The van der Waals surface area contributed by atoms with E-state index in [1.807, 2.05) is 22.9 Å². The molecule has 182 valence electrons. The molecule has 2 amide bonds. The van der Waals surface area contributed by atoms with Crippen molar-refractivity contribution in [1.29, 1.82) is 0 Å². The molecule has 9 nitrogen and oxygen atoms in total. The first-order chi connectivity index (χ1) is 17.5. The molecule has 0 saturated heterocycles. The molecule has 1 aromatic heterocycles. The third-order valence-electron chi connectivity index (χ3n) is 5.39. The summed E-state index contributed by atoms with van der Waals surface area (Å²) < 4.78 is 11.8. The SMILES string of the molecule is COC(=O)c1cc(CNC(=O)c2ccc(-n3ccnc3)cc2)cc(NC(=O)c2cccc(OC)c2)c1. The molecule has 9 heteroatoms. The van der Waals surface area contributed by atoms with E-state index in [1.54, 1.807) is 61.1 Å². The third kappa shape index (κ3) is 5.76. The molecule has 0 unspecified atom stereocenters. The molecule has 0 spiro atoms. The van der Waals surface area contributed by atoms with Crippen molar-refractivity contribution in [1.82, 2.24) is 14.9 Å². The van der Waals surface area contributed by atoms with Gasteiger partial charge in [0, 0.05) is 41.4 Å². The fourth-order valence-electron chi connectivity index (χ4n) is 3.55. The minimum absolute atomic E-state index is 0.134. The van der Waals surface area contributed by atoms with E-state index in [0.29, 0.717) is 28.1 Å². The second kappa shape index (κ2) is 11.0. The number of hydrogen-bond acceptors (Lipinski definition) is 6. The Bertz CT molecular complexity index is 1380. The molecule has 0 aliphatic carbocycles. The van der Waals surface area contributed by atoms with Gasteiger partial charge in [0.25, 0.3) is 11.8 Å². The summed E-state index contributed by atoms with van der Waals surface area (Å²) in [7, 11) is 2.80. The second-order valence-corrected chi connectivity index (χ2v) is 7.80. The van der Waals surface area contributed by atoms with Crippen LogP contribution in [-0.4, -0.2) is 41.6 Å². The summed E-state index contributed by atoms with van der Waals surface area (Å²) in [6.07, 6.45) is 5.17. The van der Waals surface area contributed by atoms with Crippen LogP contribution >= 0.6 is 0 Å². The molecule has 0 atom stereocenters. The van der Waals surface area contributed by atoms with Crippen LogP contribution in [0.5, 0.6) is 5.75 Å². The highest BCUT2D eigenvalue weighted by molar-refractivity contribution is 6.05. The lowest BCUT2D eigenvalue weighted by atomic mass is 10.1. The molecule has 4 aromatic rings. The molecule has 0 saturated carbocycles. The Morgan fingerprint density at radius 3 is 2.39 bits per heavy atom. The topological polar surface area (TPSA) is 112 Å². The van der Waals surface area contributed by atoms with Gasteiger partial charge in [-0.1, -0.05) is 6.07 Å². The van der Waals surface area contributed by atoms with Crippen molar-refractivity contribution < 1.29 is 23.9 Å². The van der Waals surface area contributed by atoms with E-state index in [1.165, 1.54) is 20.3 Å². The number of imidazole rings is 1. The summed E-state index contributed by atoms with van der Waals surface area (Å²) in [5.74, 6) is -0.663. The second-order valence-electron chi connectivity index (χ2n) is 7.80. The van der Waals surface area contributed by atoms with Crippen molar-refractivity contribution in [3.8, 4) is 11.4 Å². The molecule has 3 aromatic carbocycles. The molecule has 0 bridgehead atoms. The maximum absolute atomic E-state index is 12.7. The molecular formula is C27H24N4O5. The summed E-state index contributed by atoms with van der Waals surface area (Å²) in [5, 5.41) is 5.63. The van der Waals surface area contributed by atoms with Crippen LogP contribution in [0.3, 0.4) is 0 Å². The normalized spacial score (nSPS) is 10.4. The van der Waals surface area contributed by atoms with E-state index in [9.17, 15) is 14.4 Å². The van der Waals surface area contributed by atoms with Gasteiger partial charge in [-0.3, -0.25) is 9.59 Å². The Morgan fingerprint density at radius 2 is 1.69 bits per heavy atom. The van der Waals surface area contributed by atoms with Gasteiger partial charge in [-0.25, -0.2) is 9.78 Å². The first-order valence-electron chi connectivity index (χ1n) is 11.0. The van der Waals surface area contributed by atoms with Crippen LogP contribution in [0.1, 0.15) is 36.6 Å². The van der Waals surface area contributed by atoms with E-state index in [2.05, 4.69) is 15.6 Å². The Morgan fingerprint density at radius 1 is 0.889 bits per heavy atom. The first kappa shape index (κ1) is 24.2. The number of methoxy groups -OCH3 is 2. The van der Waals surface area contributed by atoms with Crippen LogP contribution in [0.4, 0.5) is 5.69 Å². The van der Waals surface area contributed by atoms with Crippen molar-refractivity contribution in [3.63, 3.8) is 0 Å². The molecule has 0 fully saturated rings. The summed E-state index contributed by atoms with van der Waals surface area (Å²) >= 11 is 0. The van der Waals surface area contributed by atoms with Crippen molar-refractivity contribution in [3.05, 3.63) is 108 Å². The number of hydrogen-bond donors (Lipinski definition) is 2. The van der Waals surface area contributed by atoms with Crippen LogP contribution in [-0.2, 0) is 11.3 Å². The molecule has 1 heterocycles. The Hall–Kier alpha value is -4.92. The summed E-state index contributed by atoms with van der Waals surface area (Å²) in [6, 6.07) is 18.6. The number of benzene rings is 3. The van der Waals surface area contributed by atoms with Gasteiger partial charge in [0.2, 0.25) is 0 Å². The van der Waals surface area contributed by atoms with Crippen molar-refractivity contribution in [2.45, 2.75) is 6.54 Å². The van der Waals surface area contributed by atoms with Gasteiger partial charge in [-0.05, 0) is 66.2 Å². The average Bonchev–Trinajstić information content (AvgIpc) is 3.46. The van der Waals surface area contributed by atoms with Gasteiger partial charge in [0.05, 0.1) is 26.1 Å². The van der Waals surface area contributed by atoms with Crippen LogP contribution < -0.4 is 15.4 Å². The number of nitrogens with zero attached hydrogens (tertiary/aromatic N) is 2. The number of carbonyl (C=O) groups is 3. The van der Waals surface area contributed by atoms with Crippen molar-refractivity contribution in [2.75, 3.05) is 19.5 Å². The Balaban J connectivity index is 1.48. The number of amides is 2. The van der Waals surface area contributed by atoms with E-state index < -0.39 is 5.97 Å². The molecule has 0 aliphatic heterocycles. The molecule has 4 rings (SSSR count). The fourth-order valence-corrected chi connectivity index (χ4v) is 3.55. The Kier molecular flexibility index (Phi) is 7.40. The maximum atomic E-state index is 12.7. The van der Waals surface area contributed by atoms with Crippen LogP contribution in [0.15, 0.2) is 85.5 Å². The van der Waals surface area contributed by atoms with Crippen LogP contribution in [0.2, 0.25) is 0 Å². The number of esters is 1. The first-order valence-corrected chi connectivity index (χ1v) is 11.0. The predicted molar refractivity (Wildman–Crippen MR) is 133 cm³/mol. The summed E-state index contributed by atoms with van der Waals surface area (Å²) in [4.78, 5) is 41.7. The van der Waals surface area contributed by atoms with E-state index in [-0.39, 0.29) is 23.9 Å². The fraction of sp³-hybridized carbons (Fsp3) is 0.111. The van der Waals surface area contributed by atoms with Crippen molar-refractivity contribution in [2.24, 2.45) is 0 Å². The Labute approximate surface area is 207 Å². The number of nitrogens with one attached hydrogen (secondary N) is 2. The minimum atomic E-state index is -0.560. The molecule has 0 aliphatic rings. The van der Waals surface area contributed by atoms with Gasteiger partial charge >= 0.3 is 5.97 Å². The highest BCUT2D eigenvalue weighted by atomic mass is 16.5. The number of ether oxygens (including phenoxy) is 2. The monoisotopic (exact) mass is 484 g/mol.